The van der Waals surface area contributed by atoms with E-state index in [2.05, 4.69) is 15.9 Å². The molecular weight excluding hydrogens is 294 g/mol. The van der Waals surface area contributed by atoms with E-state index in [9.17, 15) is 13.9 Å². The largest absolute Gasteiger partial charge is 0.469 e. The van der Waals surface area contributed by atoms with E-state index in [1.54, 1.807) is 6.92 Å². The first-order valence-corrected chi connectivity index (χ1v) is 5.66. The minimum Gasteiger partial charge on any atom is -0.469 e. The van der Waals surface area contributed by atoms with Crippen LogP contribution in [0.4, 0.5) is 8.78 Å². The molecule has 1 aromatic heterocycles. The van der Waals surface area contributed by atoms with Gasteiger partial charge in [-0.15, -0.1) is 0 Å². The number of benzene rings is 1. The van der Waals surface area contributed by atoms with Gasteiger partial charge >= 0.3 is 0 Å². The summed E-state index contributed by atoms with van der Waals surface area (Å²) in [5.41, 5.74) is -0.0708. The fourth-order valence-corrected chi connectivity index (χ4v) is 1.91. The van der Waals surface area contributed by atoms with Gasteiger partial charge in [0.1, 0.15) is 23.5 Å². The van der Waals surface area contributed by atoms with Crippen molar-refractivity contribution in [1.29, 1.82) is 0 Å². The standard InChI is InChI=1S/C12H9BrF2O2/c1-6-4-7(5-17-6)12(16)10-9(14)3-2-8(13)11(10)15/h2-5,12,16H,1H3. The number of aryl methyl sites for hydroxylation is 1. The molecule has 0 radical (unpaired) electrons. The van der Waals surface area contributed by atoms with Crippen LogP contribution in [0.2, 0.25) is 0 Å². The highest BCUT2D eigenvalue weighted by atomic mass is 79.9. The predicted molar refractivity (Wildman–Crippen MR) is 61.6 cm³/mol. The van der Waals surface area contributed by atoms with Crippen LogP contribution in [0.1, 0.15) is 23.0 Å². The van der Waals surface area contributed by atoms with Gasteiger partial charge in [0, 0.05) is 5.56 Å². The number of rotatable bonds is 2. The Labute approximate surface area is 105 Å². The lowest BCUT2D eigenvalue weighted by molar-refractivity contribution is 0.208. The van der Waals surface area contributed by atoms with Crippen LogP contribution < -0.4 is 0 Å². The Bertz CT molecular complexity index is 551. The van der Waals surface area contributed by atoms with Crippen LogP contribution in [-0.2, 0) is 0 Å². The Hall–Kier alpha value is -1.20. The number of hydrogen-bond donors (Lipinski definition) is 1. The zero-order valence-electron chi connectivity index (χ0n) is 8.88. The minimum atomic E-state index is -1.38. The van der Waals surface area contributed by atoms with Gasteiger partial charge in [0.25, 0.3) is 0 Å². The highest BCUT2D eigenvalue weighted by molar-refractivity contribution is 9.10. The number of aliphatic hydroxyl groups excluding tert-OH is 1. The summed E-state index contributed by atoms with van der Waals surface area (Å²) < 4.78 is 32.4. The van der Waals surface area contributed by atoms with E-state index < -0.39 is 17.7 Å². The molecule has 0 bridgehead atoms. The summed E-state index contributed by atoms with van der Waals surface area (Å²) in [4.78, 5) is 0. The Morgan fingerprint density at radius 3 is 2.65 bits per heavy atom. The van der Waals surface area contributed by atoms with Crippen molar-refractivity contribution in [2.45, 2.75) is 13.0 Å². The van der Waals surface area contributed by atoms with Crippen LogP contribution in [0.3, 0.4) is 0 Å². The quantitative estimate of drug-likeness (QED) is 0.858. The van der Waals surface area contributed by atoms with Crippen molar-refractivity contribution in [2.24, 2.45) is 0 Å². The highest BCUT2D eigenvalue weighted by Crippen LogP contribution is 2.31. The smallest absolute Gasteiger partial charge is 0.146 e. The fourth-order valence-electron chi connectivity index (χ4n) is 1.57. The van der Waals surface area contributed by atoms with E-state index in [4.69, 9.17) is 4.42 Å². The van der Waals surface area contributed by atoms with Crippen LogP contribution in [0.5, 0.6) is 0 Å². The third-order valence-corrected chi connectivity index (χ3v) is 3.03. The van der Waals surface area contributed by atoms with E-state index >= 15 is 0 Å². The third-order valence-electron chi connectivity index (χ3n) is 2.42. The molecule has 0 saturated heterocycles. The fraction of sp³-hybridized carbons (Fsp3) is 0.167. The third kappa shape index (κ3) is 2.25. The van der Waals surface area contributed by atoms with Gasteiger partial charge < -0.3 is 9.52 Å². The molecule has 2 nitrogen and oxygen atoms in total. The van der Waals surface area contributed by atoms with Crippen LogP contribution in [0.25, 0.3) is 0 Å². The van der Waals surface area contributed by atoms with Crippen LogP contribution in [-0.4, -0.2) is 5.11 Å². The SMILES string of the molecule is Cc1cc(C(O)c2c(F)ccc(Br)c2F)co1. The van der Waals surface area contributed by atoms with Gasteiger partial charge in [-0.2, -0.15) is 0 Å². The summed E-state index contributed by atoms with van der Waals surface area (Å²) in [5, 5.41) is 9.93. The van der Waals surface area contributed by atoms with Crippen molar-refractivity contribution in [3.05, 3.63) is 57.5 Å². The molecule has 2 aromatic rings. The van der Waals surface area contributed by atoms with Gasteiger partial charge in [0.15, 0.2) is 0 Å². The van der Waals surface area contributed by atoms with Gasteiger partial charge in [-0.05, 0) is 41.1 Å². The molecule has 90 valence electrons. The molecule has 0 aliphatic carbocycles. The lowest BCUT2D eigenvalue weighted by atomic mass is 10.0. The average molecular weight is 303 g/mol. The lowest BCUT2D eigenvalue weighted by Gasteiger charge is -2.11. The number of hydrogen-bond acceptors (Lipinski definition) is 2. The number of halogens is 3. The molecule has 1 atom stereocenters. The number of aliphatic hydroxyl groups is 1. The van der Waals surface area contributed by atoms with Crippen molar-refractivity contribution >= 4 is 15.9 Å². The first kappa shape index (κ1) is 12.3. The molecule has 1 unspecified atom stereocenters. The minimum absolute atomic E-state index is 0.105. The highest BCUT2D eigenvalue weighted by Gasteiger charge is 2.22. The Kier molecular flexibility index (Phi) is 3.31. The normalized spacial score (nSPS) is 12.8. The van der Waals surface area contributed by atoms with Gasteiger partial charge in [0.05, 0.1) is 16.3 Å². The van der Waals surface area contributed by atoms with Crippen LogP contribution >= 0.6 is 15.9 Å². The predicted octanol–water partition coefficient (Wildman–Crippen LogP) is 3.71. The monoisotopic (exact) mass is 302 g/mol. The molecule has 0 spiro atoms. The van der Waals surface area contributed by atoms with E-state index in [-0.39, 0.29) is 10.0 Å². The molecule has 1 N–H and O–H groups in total. The van der Waals surface area contributed by atoms with Crippen LogP contribution in [0, 0.1) is 18.6 Å². The topological polar surface area (TPSA) is 33.4 Å². The molecule has 0 amide bonds. The number of furan rings is 1. The molecule has 17 heavy (non-hydrogen) atoms. The molecular formula is C12H9BrF2O2. The van der Waals surface area contributed by atoms with E-state index in [0.29, 0.717) is 11.3 Å². The van der Waals surface area contributed by atoms with Crippen molar-refractivity contribution in [3.63, 3.8) is 0 Å². The van der Waals surface area contributed by atoms with Crippen LogP contribution in [0.15, 0.2) is 33.4 Å². The Balaban J connectivity index is 2.50. The maximum absolute atomic E-state index is 13.7. The van der Waals surface area contributed by atoms with E-state index in [0.717, 1.165) is 6.07 Å². The molecule has 5 heteroatoms. The Morgan fingerprint density at radius 1 is 1.35 bits per heavy atom. The molecule has 0 aliphatic rings. The second kappa shape index (κ2) is 4.58. The van der Waals surface area contributed by atoms with Crippen molar-refractivity contribution in [2.75, 3.05) is 0 Å². The average Bonchev–Trinajstić information content (AvgIpc) is 2.71. The molecule has 2 rings (SSSR count). The molecule has 0 fully saturated rings. The van der Waals surface area contributed by atoms with Crippen molar-refractivity contribution < 1.29 is 18.3 Å². The zero-order chi connectivity index (χ0) is 12.6. The summed E-state index contributed by atoms with van der Waals surface area (Å²) in [7, 11) is 0. The Morgan fingerprint density at radius 2 is 2.06 bits per heavy atom. The lowest BCUT2D eigenvalue weighted by Crippen LogP contribution is -2.05. The van der Waals surface area contributed by atoms with Gasteiger partial charge in [-0.1, -0.05) is 0 Å². The molecule has 0 saturated carbocycles. The maximum atomic E-state index is 13.7. The van der Waals surface area contributed by atoms with Crippen molar-refractivity contribution in [3.8, 4) is 0 Å². The first-order chi connectivity index (χ1) is 8.00. The van der Waals surface area contributed by atoms with E-state index in [1.165, 1.54) is 18.4 Å². The summed E-state index contributed by atoms with van der Waals surface area (Å²) in [5.74, 6) is -1.04. The first-order valence-electron chi connectivity index (χ1n) is 4.87. The second-order valence-corrected chi connectivity index (χ2v) is 4.50. The van der Waals surface area contributed by atoms with E-state index in [1.807, 2.05) is 0 Å². The second-order valence-electron chi connectivity index (χ2n) is 3.65. The summed E-state index contributed by atoms with van der Waals surface area (Å²) in [6.07, 6.45) is -0.107. The van der Waals surface area contributed by atoms with Gasteiger partial charge in [-0.3, -0.25) is 0 Å². The summed E-state index contributed by atoms with van der Waals surface area (Å²) in [6, 6.07) is 3.88. The summed E-state index contributed by atoms with van der Waals surface area (Å²) >= 11 is 2.95. The molecule has 0 aliphatic heterocycles. The van der Waals surface area contributed by atoms with Gasteiger partial charge in [-0.25, -0.2) is 8.78 Å². The van der Waals surface area contributed by atoms with Crippen molar-refractivity contribution in [1.82, 2.24) is 0 Å². The zero-order valence-corrected chi connectivity index (χ0v) is 10.5. The molecule has 1 aromatic carbocycles. The van der Waals surface area contributed by atoms with Gasteiger partial charge in [0.2, 0.25) is 0 Å². The maximum Gasteiger partial charge on any atom is 0.146 e. The molecule has 1 heterocycles. The summed E-state index contributed by atoms with van der Waals surface area (Å²) in [6.45, 7) is 1.68.